The number of furan rings is 2. The summed E-state index contributed by atoms with van der Waals surface area (Å²) in [5.74, 6) is -0.899. The number of aromatic carboxylic acids is 1. The van der Waals surface area contributed by atoms with Gasteiger partial charge in [0.15, 0.2) is 0 Å². The van der Waals surface area contributed by atoms with Gasteiger partial charge in [-0.05, 0) is 87.2 Å². The van der Waals surface area contributed by atoms with Crippen LogP contribution in [0.15, 0.2) is 68.5 Å². The number of carbonyl (C=O) groups is 2. The van der Waals surface area contributed by atoms with Crippen molar-refractivity contribution < 1.29 is 31.9 Å². The maximum absolute atomic E-state index is 14.0. The van der Waals surface area contributed by atoms with Crippen LogP contribution < -0.4 is 9.62 Å². The SMILES string of the molecule is CCN(c1ccc(Cl)cc1CC1(C(=O)NCc2ccco2)CCCC1)S(=O)(=O)c1ccc2oc(C(=O)O)c(C)c2c1. The maximum Gasteiger partial charge on any atom is 0.372 e. The van der Waals surface area contributed by atoms with Gasteiger partial charge in [-0.25, -0.2) is 13.2 Å². The Morgan fingerprint density at radius 3 is 2.54 bits per heavy atom. The number of amides is 1. The highest BCUT2D eigenvalue weighted by Gasteiger charge is 2.42. The topological polar surface area (TPSA) is 130 Å². The summed E-state index contributed by atoms with van der Waals surface area (Å²) in [5, 5.41) is 13.3. The van der Waals surface area contributed by atoms with Gasteiger partial charge in [-0.1, -0.05) is 24.4 Å². The van der Waals surface area contributed by atoms with E-state index in [4.69, 9.17) is 20.4 Å². The molecule has 41 heavy (non-hydrogen) atoms. The number of anilines is 1. The lowest BCUT2D eigenvalue weighted by molar-refractivity contribution is -0.131. The van der Waals surface area contributed by atoms with Gasteiger partial charge >= 0.3 is 5.97 Å². The molecule has 1 aliphatic carbocycles. The molecule has 0 unspecified atom stereocenters. The molecule has 0 radical (unpaired) electrons. The van der Waals surface area contributed by atoms with Crippen LogP contribution in [0.1, 0.15) is 60.0 Å². The van der Waals surface area contributed by atoms with Crippen LogP contribution in [0.5, 0.6) is 0 Å². The molecule has 1 aliphatic rings. The summed E-state index contributed by atoms with van der Waals surface area (Å²) in [6.45, 7) is 3.71. The lowest BCUT2D eigenvalue weighted by atomic mass is 9.78. The number of hydrogen-bond donors (Lipinski definition) is 2. The number of carbonyl (C=O) groups excluding carboxylic acids is 1. The van der Waals surface area contributed by atoms with Crippen LogP contribution in [-0.4, -0.2) is 31.9 Å². The molecule has 2 N–H and O–H groups in total. The molecule has 1 amide bonds. The van der Waals surface area contributed by atoms with E-state index in [0.717, 1.165) is 12.8 Å². The minimum absolute atomic E-state index is 0.000333. The number of nitrogens with one attached hydrogen (secondary N) is 1. The Morgan fingerprint density at radius 1 is 1.12 bits per heavy atom. The van der Waals surface area contributed by atoms with E-state index in [0.29, 0.717) is 52.2 Å². The number of aryl methyl sites for hydroxylation is 1. The lowest BCUT2D eigenvalue weighted by Gasteiger charge is -2.31. The van der Waals surface area contributed by atoms with Gasteiger partial charge in [-0.15, -0.1) is 0 Å². The number of rotatable bonds is 10. The zero-order valence-corrected chi connectivity index (χ0v) is 24.3. The second-order valence-corrected chi connectivity index (χ2v) is 12.7. The fourth-order valence-electron chi connectivity index (χ4n) is 5.77. The molecule has 11 heteroatoms. The summed E-state index contributed by atoms with van der Waals surface area (Å²) in [7, 11) is -4.08. The van der Waals surface area contributed by atoms with E-state index in [2.05, 4.69) is 5.32 Å². The molecular formula is C30H31ClN2O7S. The average Bonchev–Trinajstić information content (AvgIpc) is 3.70. The number of halogens is 1. The van der Waals surface area contributed by atoms with Gasteiger partial charge in [0, 0.05) is 22.5 Å². The highest BCUT2D eigenvalue weighted by molar-refractivity contribution is 7.92. The van der Waals surface area contributed by atoms with Crippen molar-refractivity contribution in [3.63, 3.8) is 0 Å². The first-order valence-corrected chi connectivity index (χ1v) is 15.3. The molecule has 0 aliphatic heterocycles. The van der Waals surface area contributed by atoms with Crippen molar-refractivity contribution >= 4 is 50.2 Å². The Hall–Kier alpha value is -3.76. The smallest absolute Gasteiger partial charge is 0.372 e. The third kappa shape index (κ3) is 5.46. The van der Waals surface area contributed by atoms with Gasteiger partial charge in [-0.2, -0.15) is 0 Å². The van der Waals surface area contributed by atoms with E-state index in [1.165, 1.54) is 22.5 Å². The van der Waals surface area contributed by atoms with Crippen molar-refractivity contribution in [1.82, 2.24) is 5.32 Å². The molecule has 5 rings (SSSR count). The Bertz CT molecular complexity index is 1700. The van der Waals surface area contributed by atoms with E-state index >= 15 is 0 Å². The average molecular weight is 599 g/mol. The monoisotopic (exact) mass is 598 g/mol. The molecule has 4 aromatic rings. The number of nitrogens with zero attached hydrogens (tertiary/aromatic N) is 1. The summed E-state index contributed by atoms with van der Waals surface area (Å²) in [6.07, 6.45) is 5.00. The number of sulfonamides is 1. The number of carboxylic acids is 1. The lowest BCUT2D eigenvalue weighted by Crippen LogP contribution is -2.41. The Morgan fingerprint density at radius 2 is 1.88 bits per heavy atom. The van der Waals surface area contributed by atoms with Crippen LogP contribution in [0.4, 0.5) is 5.69 Å². The number of fused-ring (bicyclic) bond motifs is 1. The molecule has 0 spiro atoms. The van der Waals surface area contributed by atoms with Crippen LogP contribution >= 0.6 is 11.6 Å². The number of benzene rings is 2. The van der Waals surface area contributed by atoms with Gasteiger partial charge < -0.3 is 19.3 Å². The van der Waals surface area contributed by atoms with Gasteiger partial charge in [0.1, 0.15) is 11.3 Å². The van der Waals surface area contributed by atoms with Gasteiger partial charge in [-0.3, -0.25) is 9.10 Å². The normalized spacial score (nSPS) is 14.8. The zero-order chi connectivity index (χ0) is 29.4. The van der Waals surface area contributed by atoms with Crippen LogP contribution in [0.2, 0.25) is 5.02 Å². The minimum atomic E-state index is -4.08. The van der Waals surface area contributed by atoms with E-state index in [9.17, 15) is 23.1 Å². The van der Waals surface area contributed by atoms with E-state index in [1.807, 2.05) is 0 Å². The van der Waals surface area contributed by atoms with Crippen molar-refractivity contribution in [2.75, 3.05) is 10.8 Å². The first kappa shape index (κ1) is 28.8. The Balaban J connectivity index is 1.50. The van der Waals surface area contributed by atoms with E-state index in [-0.39, 0.29) is 35.2 Å². The predicted octanol–water partition coefficient (Wildman–Crippen LogP) is 6.32. The third-order valence-electron chi connectivity index (χ3n) is 7.86. The third-order valence-corrected chi connectivity index (χ3v) is 9.98. The van der Waals surface area contributed by atoms with Crippen LogP contribution in [-0.2, 0) is 27.8 Å². The molecule has 2 aromatic carbocycles. The molecule has 0 bridgehead atoms. The summed E-state index contributed by atoms with van der Waals surface area (Å²) >= 11 is 6.41. The quantitative estimate of drug-likeness (QED) is 0.218. The molecule has 1 saturated carbocycles. The maximum atomic E-state index is 14.0. The first-order chi connectivity index (χ1) is 19.6. The molecule has 2 heterocycles. The summed E-state index contributed by atoms with van der Waals surface area (Å²) < 4.78 is 40.2. The summed E-state index contributed by atoms with van der Waals surface area (Å²) in [6, 6.07) is 12.9. The number of hydrogen-bond acceptors (Lipinski definition) is 6. The van der Waals surface area contributed by atoms with Crippen LogP contribution in [0, 0.1) is 12.3 Å². The van der Waals surface area contributed by atoms with Crippen molar-refractivity contribution in [1.29, 1.82) is 0 Å². The molecule has 216 valence electrons. The Kier molecular flexibility index (Phi) is 7.89. The number of carboxylic acid groups (broad SMARTS) is 1. The summed E-state index contributed by atoms with van der Waals surface area (Å²) in [4.78, 5) is 25.1. The second-order valence-electron chi connectivity index (χ2n) is 10.4. The highest BCUT2D eigenvalue weighted by Crippen LogP contribution is 2.44. The minimum Gasteiger partial charge on any atom is -0.475 e. The van der Waals surface area contributed by atoms with Gasteiger partial charge in [0.2, 0.25) is 11.7 Å². The van der Waals surface area contributed by atoms with Crippen molar-refractivity contribution in [2.45, 2.75) is 57.4 Å². The van der Waals surface area contributed by atoms with E-state index < -0.39 is 21.4 Å². The Labute approximate surface area is 243 Å². The second kappa shape index (κ2) is 11.3. The van der Waals surface area contributed by atoms with Gasteiger partial charge in [0.05, 0.1) is 28.8 Å². The standard InChI is InChI=1S/C30H31ClN2O7S/c1-3-33(41(37,38)23-9-11-26-24(16-23)19(2)27(40-26)28(34)35)25-10-8-21(31)15-20(25)17-30(12-4-5-13-30)29(36)32-18-22-7-6-14-39-22/h6-11,14-16H,3-5,12-13,17-18H2,1-2H3,(H,32,36)(H,34,35). The molecule has 2 aromatic heterocycles. The molecule has 1 fully saturated rings. The zero-order valence-electron chi connectivity index (χ0n) is 22.8. The molecule has 9 nitrogen and oxygen atoms in total. The molecular weight excluding hydrogens is 568 g/mol. The van der Waals surface area contributed by atoms with E-state index in [1.54, 1.807) is 50.4 Å². The fourth-order valence-corrected chi connectivity index (χ4v) is 7.50. The van der Waals surface area contributed by atoms with Crippen molar-refractivity contribution in [3.8, 4) is 0 Å². The first-order valence-electron chi connectivity index (χ1n) is 13.4. The molecule has 0 atom stereocenters. The summed E-state index contributed by atoms with van der Waals surface area (Å²) in [5.41, 5.74) is 1.03. The van der Waals surface area contributed by atoms with Crippen molar-refractivity contribution in [2.24, 2.45) is 5.41 Å². The fraction of sp³-hybridized carbons (Fsp3) is 0.333. The van der Waals surface area contributed by atoms with Crippen LogP contribution in [0.25, 0.3) is 11.0 Å². The largest absolute Gasteiger partial charge is 0.475 e. The van der Waals surface area contributed by atoms with Gasteiger partial charge in [0.25, 0.3) is 10.0 Å². The van der Waals surface area contributed by atoms with Crippen LogP contribution in [0.3, 0.4) is 0 Å². The highest BCUT2D eigenvalue weighted by atomic mass is 35.5. The predicted molar refractivity (Wildman–Crippen MR) is 155 cm³/mol. The molecule has 0 saturated heterocycles. The van der Waals surface area contributed by atoms with Crippen molar-refractivity contribution in [3.05, 3.63) is 82.5 Å².